The summed E-state index contributed by atoms with van der Waals surface area (Å²) in [4.78, 5) is 14.8. The van der Waals surface area contributed by atoms with Crippen LogP contribution in [0.1, 0.15) is 16.1 Å². The number of carbonyl (C=O) groups excluding carboxylic acids is 1. The molecule has 3 aromatic rings. The van der Waals surface area contributed by atoms with Gasteiger partial charge in [0, 0.05) is 49.0 Å². The van der Waals surface area contributed by atoms with E-state index in [2.05, 4.69) is 27.0 Å². The summed E-state index contributed by atoms with van der Waals surface area (Å²) in [5, 5.41) is 4.01. The molecule has 1 aliphatic rings. The molecule has 1 fully saturated rings. The molecule has 1 aromatic carbocycles. The molecule has 142 valence electrons. The number of anilines is 1. The maximum absolute atomic E-state index is 12.3. The number of aromatic nitrogens is 1. The van der Waals surface area contributed by atoms with Crippen molar-refractivity contribution in [3.05, 3.63) is 54.1 Å². The van der Waals surface area contributed by atoms with Crippen molar-refractivity contribution in [1.82, 2.24) is 9.47 Å². The topological polar surface area (TPSA) is 85.7 Å². The molecule has 7 heteroatoms. The molecule has 0 atom stereocenters. The number of nitrogens with two attached hydrogens (primary N) is 1. The highest BCUT2D eigenvalue weighted by Crippen LogP contribution is 2.21. The maximum atomic E-state index is 12.3. The van der Waals surface area contributed by atoms with Crippen molar-refractivity contribution < 1.29 is 13.9 Å². The minimum atomic E-state index is -0.204. The highest BCUT2D eigenvalue weighted by molar-refractivity contribution is 6.05. The van der Waals surface area contributed by atoms with Crippen LogP contribution >= 0.6 is 0 Å². The third-order valence-corrected chi connectivity index (χ3v) is 4.91. The molecule has 1 aliphatic heterocycles. The summed E-state index contributed by atoms with van der Waals surface area (Å²) in [5.41, 5.74) is 7.91. The molecule has 0 unspecified atom stereocenters. The number of amides is 1. The fourth-order valence-electron chi connectivity index (χ4n) is 3.36. The Kier molecular flexibility index (Phi) is 5.24. The van der Waals surface area contributed by atoms with Gasteiger partial charge in [-0.1, -0.05) is 0 Å². The van der Waals surface area contributed by atoms with E-state index in [1.165, 1.54) is 6.26 Å². The van der Waals surface area contributed by atoms with Crippen LogP contribution in [0.25, 0.3) is 10.9 Å². The summed E-state index contributed by atoms with van der Waals surface area (Å²) < 4.78 is 12.9. The van der Waals surface area contributed by atoms with Gasteiger partial charge >= 0.3 is 0 Å². The van der Waals surface area contributed by atoms with E-state index in [-0.39, 0.29) is 12.5 Å². The van der Waals surface area contributed by atoms with Crippen molar-refractivity contribution in [1.29, 1.82) is 0 Å². The second-order valence-corrected chi connectivity index (χ2v) is 6.70. The Morgan fingerprint density at radius 2 is 2.00 bits per heavy atom. The van der Waals surface area contributed by atoms with Gasteiger partial charge < -0.3 is 24.8 Å². The first-order valence-electron chi connectivity index (χ1n) is 9.21. The van der Waals surface area contributed by atoms with Gasteiger partial charge in [-0.15, -0.1) is 0 Å². The first-order chi connectivity index (χ1) is 13.2. The molecule has 0 saturated carbocycles. The maximum Gasteiger partial charge on any atom is 0.258 e. The number of ether oxygens (including phenoxy) is 1. The van der Waals surface area contributed by atoms with E-state index in [1.807, 2.05) is 18.2 Å². The van der Waals surface area contributed by atoms with Gasteiger partial charge in [0.25, 0.3) is 5.91 Å². The molecule has 0 radical (unpaired) electrons. The van der Waals surface area contributed by atoms with Gasteiger partial charge in [0.2, 0.25) is 0 Å². The van der Waals surface area contributed by atoms with Crippen molar-refractivity contribution in [3.63, 3.8) is 0 Å². The lowest BCUT2D eigenvalue weighted by atomic mass is 10.2. The van der Waals surface area contributed by atoms with E-state index < -0.39 is 0 Å². The van der Waals surface area contributed by atoms with Crippen LogP contribution in [0.15, 0.2) is 47.2 Å². The molecule has 27 heavy (non-hydrogen) atoms. The molecule has 3 N–H and O–H groups in total. The van der Waals surface area contributed by atoms with Crippen molar-refractivity contribution >= 4 is 22.5 Å². The van der Waals surface area contributed by atoms with Crippen molar-refractivity contribution in [2.75, 3.05) is 38.2 Å². The summed E-state index contributed by atoms with van der Waals surface area (Å²) in [7, 11) is 0. The second-order valence-electron chi connectivity index (χ2n) is 6.70. The third-order valence-electron chi connectivity index (χ3n) is 4.91. The lowest BCUT2D eigenvalue weighted by Gasteiger charge is -2.26. The molecular formula is C20H24N4O3. The number of nitrogens with one attached hydrogen (secondary N) is 1. The molecular weight excluding hydrogens is 344 g/mol. The molecule has 3 heterocycles. The highest BCUT2D eigenvalue weighted by atomic mass is 16.5. The number of morpholine rings is 1. The van der Waals surface area contributed by atoms with Crippen LogP contribution < -0.4 is 11.1 Å². The third kappa shape index (κ3) is 4.05. The highest BCUT2D eigenvalue weighted by Gasteiger charge is 2.12. The lowest BCUT2D eigenvalue weighted by molar-refractivity contribution is 0.0365. The van der Waals surface area contributed by atoms with Gasteiger partial charge in [-0.05, 0) is 30.3 Å². The Hall–Kier alpha value is -2.61. The SMILES string of the molecule is NCc1cc(C(=O)Nc2ccc3c(ccn3CCN3CCOCC3)c2)co1. The Bertz CT molecular complexity index is 924. The van der Waals surface area contributed by atoms with Crippen molar-refractivity contribution in [2.45, 2.75) is 13.1 Å². The fourth-order valence-corrected chi connectivity index (χ4v) is 3.36. The molecule has 0 bridgehead atoms. The molecule has 1 amide bonds. The van der Waals surface area contributed by atoms with Gasteiger partial charge in [0.05, 0.1) is 25.3 Å². The molecule has 0 aliphatic carbocycles. The van der Waals surface area contributed by atoms with Gasteiger partial charge in [0.15, 0.2) is 0 Å². The minimum Gasteiger partial charge on any atom is -0.467 e. The first kappa shape index (κ1) is 17.8. The fraction of sp³-hybridized carbons (Fsp3) is 0.350. The summed E-state index contributed by atoms with van der Waals surface area (Å²) >= 11 is 0. The Morgan fingerprint density at radius 1 is 1.15 bits per heavy atom. The number of nitrogens with zero attached hydrogens (tertiary/aromatic N) is 2. The quantitative estimate of drug-likeness (QED) is 0.697. The molecule has 4 rings (SSSR count). The van der Waals surface area contributed by atoms with E-state index in [1.54, 1.807) is 6.07 Å². The Balaban J connectivity index is 1.42. The smallest absolute Gasteiger partial charge is 0.258 e. The van der Waals surface area contributed by atoms with Crippen LogP contribution in [0.2, 0.25) is 0 Å². The summed E-state index contributed by atoms with van der Waals surface area (Å²) in [6.07, 6.45) is 3.53. The number of carbonyl (C=O) groups is 1. The van der Waals surface area contributed by atoms with Gasteiger partial charge in [-0.2, -0.15) is 0 Å². The van der Waals surface area contributed by atoms with Crippen molar-refractivity contribution in [2.24, 2.45) is 5.73 Å². The number of fused-ring (bicyclic) bond motifs is 1. The van der Waals surface area contributed by atoms with Crippen LogP contribution in [0.3, 0.4) is 0 Å². The Labute approximate surface area is 157 Å². The number of rotatable bonds is 6. The first-order valence-corrected chi connectivity index (χ1v) is 9.21. The normalized spacial score (nSPS) is 15.3. The predicted octanol–water partition coefficient (Wildman–Crippen LogP) is 2.28. The standard InChI is InChI=1S/C20H24N4O3/c21-13-18-12-16(14-27-18)20(25)22-17-1-2-19-15(11-17)3-4-24(19)6-5-23-7-9-26-10-8-23/h1-4,11-12,14H,5-10,13,21H2,(H,22,25). The van der Waals surface area contributed by atoms with E-state index in [0.29, 0.717) is 11.3 Å². The van der Waals surface area contributed by atoms with Gasteiger partial charge in [0.1, 0.15) is 12.0 Å². The average Bonchev–Trinajstić information content (AvgIpc) is 3.34. The van der Waals surface area contributed by atoms with E-state index in [4.69, 9.17) is 14.9 Å². The van der Waals surface area contributed by atoms with Crippen LogP contribution in [-0.4, -0.2) is 48.2 Å². The van der Waals surface area contributed by atoms with Crippen molar-refractivity contribution in [3.8, 4) is 0 Å². The van der Waals surface area contributed by atoms with E-state index >= 15 is 0 Å². The van der Waals surface area contributed by atoms with E-state index in [9.17, 15) is 4.79 Å². The van der Waals surface area contributed by atoms with Crippen LogP contribution in [0.4, 0.5) is 5.69 Å². The van der Waals surface area contributed by atoms with Crippen LogP contribution in [0, 0.1) is 0 Å². The second kappa shape index (κ2) is 7.96. The predicted molar refractivity (Wildman–Crippen MR) is 104 cm³/mol. The summed E-state index contributed by atoms with van der Waals surface area (Å²) in [5.74, 6) is 0.387. The monoisotopic (exact) mass is 368 g/mol. The van der Waals surface area contributed by atoms with Crippen LogP contribution in [0.5, 0.6) is 0 Å². The number of hydrogen-bond donors (Lipinski definition) is 2. The molecule has 2 aromatic heterocycles. The summed E-state index contributed by atoms with van der Waals surface area (Å²) in [6.45, 7) is 5.85. The lowest BCUT2D eigenvalue weighted by Crippen LogP contribution is -2.38. The Morgan fingerprint density at radius 3 is 2.78 bits per heavy atom. The number of furan rings is 1. The number of benzene rings is 1. The van der Waals surface area contributed by atoms with Gasteiger partial charge in [-0.25, -0.2) is 0 Å². The van der Waals surface area contributed by atoms with Gasteiger partial charge in [-0.3, -0.25) is 9.69 Å². The molecule has 1 saturated heterocycles. The van der Waals surface area contributed by atoms with Crippen LogP contribution in [-0.2, 0) is 17.8 Å². The zero-order chi connectivity index (χ0) is 18.6. The zero-order valence-electron chi connectivity index (χ0n) is 15.2. The average molecular weight is 368 g/mol. The van der Waals surface area contributed by atoms with E-state index in [0.717, 1.165) is 56.0 Å². The molecule has 0 spiro atoms. The number of hydrogen-bond acceptors (Lipinski definition) is 5. The largest absolute Gasteiger partial charge is 0.467 e. The minimum absolute atomic E-state index is 0.204. The molecule has 7 nitrogen and oxygen atoms in total. The zero-order valence-corrected chi connectivity index (χ0v) is 15.2. The summed E-state index contributed by atoms with van der Waals surface area (Å²) in [6, 6.07) is 9.70.